The number of benzene rings is 1. The molecule has 0 aliphatic carbocycles. The van der Waals surface area contributed by atoms with Gasteiger partial charge in [-0.1, -0.05) is 29.0 Å². The molecule has 0 aliphatic heterocycles. The van der Waals surface area contributed by atoms with Crippen LogP contribution in [0, 0.1) is 0 Å². The van der Waals surface area contributed by atoms with E-state index in [9.17, 15) is 4.79 Å². The zero-order chi connectivity index (χ0) is 17.9. The molecule has 0 fully saturated rings. The third-order valence-electron chi connectivity index (χ3n) is 3.39. The van der Waals surface area contributed by atoms with Crippen LogP contribution in [0.15, 0.2) is 48.0 Å². The van der Waals surface area contributed by atoms with Gasteiger partial charge in [0.1, 0.15) is 5.82 Å². The molecule has 0 atom stereocenters. The molecule has 1 amide bonds. The number of amides is 1. The first-order valence-corrected chi connectivity index (χ1v) is 9.71. The van der Waals surface area contributed by atoms with Crippen LogP contribution in [0.4, 0.5) is 16.1 Å². The number of hydrogen-bond acceptors (Lipinski definition) is 7. The second kappa shape index (κ2) is 7.36. The summed E-state index contributed by atoms with van der Waals surface area (Å²) >= 11 is 8.79. The molecule has 0 saturated heterocycles. The molecule has 3 heterocycles. The molecule has 130 valence electrons. The average molecular weight is 402 g/mol. The Bertz CT molecular complexity index is 1060. The smallest absolute Gasteiger partial charge is 0.232 e. The maximum Gasteiger partial charge on any atom is 0.232 e. The number of nitrogens with one attached hydrogen (secondary N) is 2. The third-order valence-corrected chi connectivity index (χ3v) is 5.37. The highest BCUT2D eigenvalue weighted by Gasteiger charge is 2.11. The van der Waals surface area contributed by atoms with E-state index in [-0.39, 0.29) is 12.3 Å². The van der Waals surface area contributed by atoms with Gasteiger partial charge in [0.05, 0.1) is 22.3 Å². The summed E-state index contributed by atoms with van der Waals surface area (Å²) in [6.45, 7) is 0. The predicted molar refractivity (Wildman–Crippen MR) is 107 cm³/mol. The van der Waals surface area contributed by atoms with Gasteiger partial charge in [-0.25, -0.2) is 15.0 Å². The van der Waals surface area contributed by atoms with Crippen molar-refractivity contribution in [1.29, 1.82) is 0 Å². The minimum atomic E-state index is -0.162. The number of anilines is 3. The Morgan fingerprint density at radius 2 is 2.08 bits per heavy atom. The molecule has 6 nitrogen and oxygen atoms in total. The normalized spacial score (nSPS) is 10.8. The molecule has 0 unspecified atom stereocenters. The number of carbonyl (C=O) groups is 1. The van der Waals surface area contributed by atoms with Gasteiger partial charge in [-0.3, -0.25) is 4.79 Å². The summed E-state index contributed by atoms with van der Waals surface area (Å²) in [4.78, 5) is 25.2. The van der Waals surface area contributed by atoms with Crippen LogP contribution in [0.1, 0.15) is 5.69 Å². The maximum atomic E-state index is 12.3. The monoisotopic (exact) mass is 401 g/mol. The van der Waals surface area contributed by atoms with Crippen molar-refractivity contribution in [2.75, 3.05) is 10.6 Å². The van der Waals surface area contributed by atoms with E-state index < -0.39 is 0 Å². The van der Waals surface area contributed by atoms with E-state index in [0.29, 0.717) is 26.8 Å². The largest absolute Gasteiger partial charge is 0.316 e. The van der Waals surface area contributed by atoms with Crippen molar-refractivity contribution in [3.63, 3.8) is 0 Å². The molecular formula is C17H12ClN5OS2. The van der Waals surface area contributed by atoms with E-state index in [0.717, 1.165) is 10.2 Å². The van der Waals surface area contributed by atoms with E-state index in [4.69, 9.17) is 11.6 Å². The van der Waals surface area contributed by atoms with Crippen molar-refractivity contribution >= 4 is 66.5 Å². The van der Waals surface area contributed by atoms with Crippen LogP contribution in [0.2, 0.25) is 5.02 Å². The van der Waals surface area contributed by atoms with Gasteiger partial charge >= 0.3 is 0 Å². The molecule has 0 aliphatic rings. The van der Waals surface area contributed by atoms with Crippen LogP contribution in [0.3, 0.4) is 0 Å². The molecule has 0 spiro atoms. The fraction of sp³-hybridized carbons (Fsp3) is 0.0588. The number of aromatic nitrogens is 3. The minimum absolute atomic E-state index is 0.162. The van der Waals surface area contributed by atoms with Crippen molar-refractivity contribution in [2.24, 2.45) is 0 Å². The Balaban J connectivity index is 1.40. The van der Waals surface area contributed by atoms with Gasteiger partial charge in [0.25, 0.3) is 0 Å². The summed E-state index contributed by atoms with van der Waals surface area (Å²) in [5.41, 5.74) is 1.50. The second-order valence-corrected chi connectivity index (χ2v) is 7.67. The number of pyridine rings is 1. The number of rotatable bonds is 5. The van der Waals surface area contributed by atoms with Gasteiger partial charge in [0.2, 0.25) is 5.91 Å². The van der Waals surface area contributed by atoms with Gasteiger partial charge in [-0.2, -0.15) is 0 Å². The maximum absolute atomic E-state index is 12.3. The number of fused-ring (bicyclic) bond motifs is 1. The first kappa shape index (κ1) is 16.9. The van der Waals surface area contributed by atoms with Crippen LogP contribution in [-0.2, 0) is 11.2 Å². The Morgan fingerprint density at radius 3 is 2.92 bits per heavy atom. The lowest BCUT2D eigenvalue weighted by Crippen LogP contribution is -2.14. The SMILES string of the molecule is O=C(Cc1csc(Nc2ccccn2)n1)Nc1nc2ccc(Cl)cc2s1. The number of hydrogen-bond donors (Lipinski definition) is 2. The van der Waals surface area contributed by atoms with Crippen LogP contribution in [0.5, 0.6) is 0 Å². The van der Waals surface area contributed by atoms with Crippen molar-refractivity contribution in [3.05, 3.63) is 58.7 Å². The quantitative estimate of drug-likeness (QED) is 0.505. The molecule has 0 saturated carbocycles. The van der Waals surface area contributed by atoms with Gasteiger partial charge in [-0.05, 0) is 30.3 Å². The standard InChI is InChI=1S/C17H12ClN5OS2/c18-10-4-5-12-13(7-10)26-17(21-12)23-15(24)8-11-9-25-16(20-11)22-14-3-1-2-6-19-14/h1-7,9H,8H2,(H,19,20,22)(H,21,23,24). The van der Waals surface area contributed by atoms with E-state index in [1.54, 1.807) is 12.3 Å². The van der Waals surface area contributed by atoms with E-state index in [2.05, 4.69) is 25.6 Å². The fourth-order valence-corrected chi connectivity index (χ4v) is 4.15. The number of halogens is 1. The highest BCUT2D eigenvalue weighted by Crippen LogP contribution is 2.28. The first-order valence-electron chi connectivity index (χ1n) is 7.64. The highest BCUT2D eigenvalue weighted by molar-refractivity contribution is 7.22. The molecule has 2 N–H and O–H groups in total. The second-order valence-electron chi connectivity index (χ2n) is 5.34. The summed E-state index contributed by atoms with van der Waals surface area (Å²) < 4.78 is 0.934. The van der Waals surface area contributed by atoms with Crippen LogP contribution in [0.25, 0.3) is 10.2 Å². The Kier molecular flexibility index (Phi) is 4.79. The minimum Gasteiger partial charge on any atom is -0.316 e. The molecule has 4 aromatic rings. The summed E-state index contributed by atoms with van der Waals surface area (Å²) in [6, 6.07) is 11.0. The Hall–Kier alpha value is -2.55. The molecule has 3 aromatic heterocycles. The van der Waals surface area contributed by atoms with E-state index >= 15 is 0 Å². The molecule has 4 rings (SSSR count). The highest BCUT2D eigenvalue weighted by atomic mass is 35.5. The summed E-state index contributed by atoms with van der Waals surface area (Å²) in [6.07, 6.45) is 1.88. The van der Waals surface area contributed by atoms with Gasteiger partial charge in [-0.15, -0.1) is 11.3 Å². The molecule has 9 heteroatoms. The number of carbonyl (C=O) groups excluding carboxylic acids is 1. The summed E-state index contributed by atoms with van der Waals surface area (Å²) in [5.74, 6) is 0.552. The van der Waals surface area contributed by atoms with Crippen molar-refractivity contribution in [3.8, 4) is 0 Å². The van der Waals surface area contributed by atoms with Gasteiger partial charge in [0.15, 0.2) is 10.3 Å². The van der Waals surface area contributed by atoms with Crippen molar-refractivity contribution in [1.82, 2.24) is 15.0 Å². The zero-order valence-corrected chi connectivity index (χ0v) is 15.7. The van der Waals surface area contributed by atoms with E-state index in [1.807, 2.05) is 35.7 Å². The number of nitrogens with zero attached hydrogens (tertiary/aromatic N) is 3. The van der Waals surface area contributed by atoms with E-state index in [1.165, 1.54) is 22.7 Å². The zero-order valence-electron chi connectivity index (χ0n) is 13.3. The van der Waals surface area contributed by atoms with Crippen LogP contribution < -0.4 is 10.6 Å². The van der Waals surface area contributed by atoms with Crippen molar-refractivity contribution < 1.29 is 4.79 Å². The summed E-state index contributed by atoms with van der Waals surface area (Å²) in [7, 11) is 0. The topological polar surface area (TPSA) is 79.8 Å². The predicted octanol–water partition coefficient (Wildman–Crippen LogP) is 4.73. The lowest BCUT2D eigenvalue weighted by atomic mass is 10.3. The fourth-order valence-electron chi connectivity index (χ4n) is 2.27. The Morgan fingerprint density at radius 1 is 1.15 bits per heavy atom. The summed E-state index contributed by atoms with van der Waals surface area (Å²) in [5, 5.41) is 9.67. The first-order chi connectivity index (χ1) is 12.7. The Labute approximate surface area is 161 Å². The van der Waals surface area contributed by atoms with Gasteiger partial charge in [0, 0.05) is 16.6 Å². The third kappa shape index (κ3) is 3.98. The molecule has 0 bridgehead atoms. The van der Waals surface area contributed by atoms with Gasteiger partial charge < -0.3 is 10.6 Å². The number of thiazole rings is 2. The van der Waals surface area contributed by atoms with Crippen LogP contribution >= 0.6 is 34.3 Å². The molecule has 1 aromatic carbocycles. The average Bonchev–Trinajstić information content (AvgIpc) is 3.21. The molecular weight excluding hydrogens is 390 g/mol. The lowest BCUT2D eigenvalue weighted by molar-refractivity contribution is -0.115. The van der Waals surface area contributed by atoms with Crippen molar-refractivity contribution in [2.45, 2.75) is 6.42 Å². The molecule has 0 radical (unpaired) electrons. The van der Waals surface area contributed by atoms with Crippen LogP contribution in [-0.4, -0.2) is 20.9 Å². The molecule has 26 heavy (non-hydrogen) atoms. The lowest BCUT2D eigenvalue weighted by Gasteiger charge is -2.00.